The molecule has 1 aromatic rings. The fourth-order valence-corrected chi connectivity index (χ4v) is 1.11. The predicted molar refractivity (Wildman–Crippen MR) is 57.3 cm³/mol. The van der Waals surface area contributed by atoms with Crippen molar-refractivity contribution in [3.63, 3.8) is 0 Å². The largest absolute Gasteiger partial charge is 0.478 e. The second-order valence-electron chi connectivity index (χ2n) is 2.58. The summed E-state index contributed by atoms with van der Waals surface area (Å²) in [5, 5.41) is 8.96. The van der Waals surface area contributed by atoms with E-state index in [-0.39, 0.29) is 0 Å². The third kappa shape index (κ3) is 3.46. The molecule has 0 saturated heterocycles. The van der Waals surface area contributed by atoms with Crippen LogP contribution < -0.4 is 0 Å². The molecule has 0 saturated carbocycles. The molecular weight excluding hydrogens is 200 g/mol. The first-order valence-electron chi connectivity index (χ1n) is 4.02. The Hall–Kier alpha value is -1.54. The van der Waals surface area contributed by atoms with Crippen molar-refractivity contribution in [1.82, 2.24) is 0 Å². The van der Waals surface area contributed by atoms with Crippen LogP contribution in [0.2, 0.25) is 5.02 Å². The Bertz CT molecular complexity index is 381. The first kappa shape index (κ1) is 10.5. The van der Waals surface area contributed by atoms with Gasteiger partial charge < -0.3 is 5.11 Å². The van der Waals surface area contributed by atoms with Crippen molar-refractivity contribution in [1.29, 1.82) is 0 Å². The molecule has 1 aromatic carbocycles. The molecule has 0 unspecified atom stereocenters. The van der Waals surface area contributed by atoms with E-state index in [0.717, 1.165) is 11.6 Å². The Labute approximate surface area is 87.1 Å². The number of carboxylic acid groups (broad SMARTS) is 1. The molecule has 3 heteroatoms. The molecule has 0 amide bonds. The summed E-state index contributed by atoms with van der Waals surface area (Å²) in [6, 6.07) is 7.34. The van der Waals surface area contributed by atoms with Crippen molar-refractivity contribution in [2.75, 3.05) is 0 Å². The van der Waals surface area contributed by atoms with Gasteiger partial charge in [0.1, 0.15) is 0 Å². The summed E-state index contributed by atoms with van der Waals surface area (Å²) < 4.78 is 0. The second-order valence-corrected chi connectivity index (χ2v) is 2.99. The lowest BCUT2D eigenvalue weighted by Crippen LogP contribution is -1.84. The number of benzene rings is 1. The van der Waals surface area contributed by atoms with E-state index < -0.39 is 5.97 Å². The Balaban J connectivity index is 2.69. The van der Waals surface area contributed by atoms with Crippen molar-refractivity contribution < 1.29 is 9.90 Å². The Morgan fingerprint density at radius 1 is 1.29 bits per heavy atom. The number of hydrogen-bond donors (Lipinski definition) is 1. The number of halogens is 1. The first-order valence-corrected chi connectivity index (χ1v) is 4.40. The van der Waals surface area contributed by atoms with E-state index in [1.807, 2.05) is 18.2 Å². The maximum absolute atomic E-state index is 10.1. The van der Waals surface area contributed by atoms with Crippen LogP contribution in [0.1, 0.15) is 5.56 Å². The molecule has 0 atom stereocenters. The summed E-state index contributed by atoms with van der Waals surface area (Å²) >= 11 is 5.87. The van der Waals surface area contributed by atoms with Gasteiger partial charge >= 0.3 is 5.97 Å². The highest BCUT2D eigenvalue weighted by molar-refractivity contribution is 6.32. The summed E-state index contributed by atoms with van der Waals surface area (Å²) in [4.78, 5) is 10.1. The number of carbonyl (C=O) groups is 1. The lowest BCUT2D eigenvalue weighted by molar-refractivity contribution is -0.131. The van der Waals surface area contributed by atoms with Gasteiger partial charge in [-0.05, 0) is 11.6 Å². The van der Waals surface area contributed by atoms with E-state index in [2.05, 4.69) is 0 Å². The Morgan fingerprint density at radius 2 is 2.00 bits per heavy atom. The van der Waals surface area contributed by atoms with Crippen LogP contribution in [0.3, 0.4) is 0 Å². The minimum atomic E-state index is -0.964. The quantitative estimate of drug-likeness (QED) is 0.613. The zero-order valence-corrected chi connectivity index (χ0v) is 8.11. The van der Waals surface area contributed by atoms with Gasteiger partial charge in [-0.15, -0.1) is 0 Å². The fourth-order valence-electron chi connectivity index (χ4n) is 0.907. The van der Waals surface area contributed by atoms with Gasteiger partial charge in [0.15, 0.2) is 0 Å². The van der Waals surface area contributed by atoms with Crippen LogP contribution in [0, 0.1) is 0 Å². The lowest BCUT2D eigenvalue weighted by Gasteiger charge is -1.94. The van der Waals surface area contributed by atoms with Crippen molar-refractivity contribution in [3.05, 3.63) is 53.1 Å². The fraction of sp³-hybridized carbons (Fsp3) is 0. The zero-order chi connectivity index (χ0) is 10.4. The van der Waals surface area contributed by atoms with E-state index in [1.54, 1.807) is 18.2 Å². The van der Waals surface area contributed by atoms with Crippen LogP contribution in [-0.4, -0.2) is 11.1 Å². The van der Waals surface area contributed by atoms with Crippen molar-refractivity contribution in [3.8, 4) is 0 Å². The number of allylic oxidation sites excluding steroid dienone is 2. The first-order chi connectivity index (χ1) is 6.70. The highest BCUT2D eigenvalue weighted by Crippen LogP contribution is 2.15. The highest BCUT2D eigenvalue weighted by atomic mass is 35.5. The van der Waals surface area contributed by atoms with E-state index in [9.17, 15) is 4.79 Å². The summed E-state index contributed by atoms with van der Waals surface area (Å²) in [6.45, 7) is 0. The predicted octanol–water partition coefficient (Wildman–Crippen LogP) is 2.99. The highest BCUT2D eigenvalue weighted by Gasteiger charge is 1.91. The van der Waals surface area contributed by atoms with Crippen LogP contribution in [0.25, 0.3) is 6.08 Å². The molecule has 0 aromatic heterocycles. The second kappa shape index (κ2) is 5.25. The topological polar surface area (TPSA) is 37.3 Å². The van der Waals surface area contributed by atoms with Crippen LogP contribution >= 0.6 is 11.6 Å². The van der Waals surface area contributed by atoms with E-state index >= 15 is 0 Å². The van der Waals surface area contributed by atoms with Crippen molar-refractivity contribution in [2.45, 2.75) is 0 Å². The monoisotopic (exact) mass is 208 g/mol. The Morgan fingerprint density at radius 3 is 2.64 bits per heavy atom. The number of hydrogen-bond acceptors (Lipinski definition) is 1. The summed E-state index contributed by atoms with van der Waals surface area (Å²) in [5.74, 6) is -0.964. The van der Waals surface area contributed by atoms with Crippen LogP contribution in [0.4, 0.5) is 0 Å². The molecule has 2 nitrogen and oxygen atoms in total. The van der Waals surface area contributed by atoms with Gasteiger partial charge in [-0.3, -0.25) is 0 Å². The third-order valence-electron chi connectivity index (χ3n) is 1.53. The van der Waals surface area contributed by atoms with Crippen molar-refractivity contribution in [2.24, 2.45) is 0 Å². The van der Waals surface area contributed by atoms with Gasteiger partial charge in [0.25, 0.3) is 0 Å². The number of rotatable bonds is 3. The van der Waals surface area contributed by atoms with Crippen LogP contribution in [0.15, 0.2) is 42.5 Å². The van der Waals surface area contributed by atoms with Crippen LogP contribution in [0.5, 0.6) is 0 Å². The molecule has 0 aliphatic rings. The third-order valence-corrected chi connectivity index (χ3v) is 1.88. The summed E-state index contributed by atoms with van der Waals surface area (Å²) in [6.07, 6.45) is 5.90. The molecule has 1 N–H and O–H groups in total. The van der Waals surface area contributed by atoms with Crippen LogP contribution in [-0.2, 0) is 4.79 Å². The molecule has 1 rings (SSSR count). The average molecular weight is 209 g/mol. The molecule has 0 aliphatic heterocycles. The van der Waals surface area contributed by atoms with Gasteiger partial charge in [-0.25, -0.2) is 4.79 Å². The van der Waals surface area contributed by atoms with Gasteiger partial charge in [-0.1, -0.05) is 48.0 Å². The molecule has 0 fully saturated rings. The molecule has 0 aliphatic carbocycles. The SMILES string of the molecule is O=C(O)C=CC=Cc1ccccc1Cl. The molecule has 0 bridgehead atoms. The normalized spacial score (nSPS) is 11.2. The summed E-state index contributed by atoms with van der Waals surface area (Å²) in [5.41, 5.74) is 0.865. The maximum atomic E-state index is 10.1. The molecule has 0 spiro atoms. The van der Waals surface area contributed by atoms with Gasteiger partial charge in [0.2, 0.25) is 0 Å². The lowest BCUT2D eigenvalue weighted by atomic mass is 10.2. The smallest absolute Gasteiger partial charge is 0.328 e. The van der Waals surface area contributed by atoms with E-state index in [0.29, 0.717) is 5.02 Å². The van der Waals surface area contributed by atoms with Gasteiger partial charge in [-0.2, -0.15) is 0 Å². The molecule has 14 heavy (non-hydrogen) atoms. The standard InChI is InChI=1S/C11H9ClO2/c12-10-7-3-1-5-9(10)6-2-4-8-11(13)14/h1-8H,(H,13,14). The minimum Gasteiger partial charge on any atom is -0.478 e. The summed E-state index contributed by atoms with van der Waals surface area (Å²) in [7, 11) is 0. The minimum absolute atomic E-state index is 0.646. The van der Waals surface area contributed by atoms with Crippen molar-refractivity contribution >= 4 is 23.6 Å². The average Bonchev–Trinajstić information content (AvgIpc) is 2.15. The van der Waals surface area contributed by atoms with Gasteiger partial charge in [0.05, 0.1) is 0 Å². The molecule has 0 radical (unpaired) electrons. The molecular formula is C11H9ClO2. The number of aliphatic carboxylic acids is 1. The maximum Gasteiger partial charge on any atom is 0.328 e. The van der Waals surface area contributed by atoms with E-state index in [1.165, 1.54) is 6.08 Å². The number of carboxylic acids is 1. The van der Waals surface area contributed by atoms with E-state index in [4.69, 9.17) is 16.7 Å². The zero-order valence-electron chi connectivity index (χ0n) is 7.35. The van der Waals surface area contributed by atoms with Gasteiger partial charge in [0, 0.05) is 11.1 Å². The Kier molecular flexibility index (Phi) is 3.95. The molecule has 0 heterocycles. The molecule has 72 valence electrons.